The van der Waals surface area contributed by atoms with Crippen LogP contribution in [0.3, 0.4) is 0 Å². The summed E-state index contributed by atoms with van der Waals surface area (Å²) in [5.74, 6) is 0.785. The zero-order chi connectivity index (χ0) is 15.6. The van der Waals surface area contributed by atoms with Gasteiger partial charge in [-0.25, -0.2) is 8.42 Å². The van der Waals surface area contributed by atoms with Crippen molar-refractivity contribution in [3.05, 3.63) is 14.7 Å². The van der Waals surface area contributed by atoms with Crippen molar-refractivity contribution in [2.24, 2.45) is 0 Å². The molecular formula is C13H21BrN2O2S3. The summed E-state index contributed by atoms with van der Waals surface area (Å²) in [5.41, 5.74) is 0. The maximum atomic E-state index is 12.7. The maximum Gasteiger partial charge on any atom is 0.245 e. The predicted octanol–water partition coefficient (Wildman–Crippen LogP) is 3.13. The van der Waals surface area contributed by atoms with E-state index in [0.29, 0.717) is 14.7 Å². The molecular weight excluding hydrogens is 392 g/mol. The van der Waals surface area contributed by atoms with Gasteiger partial charge in [0.1, 0.15) is 4.90 Å². The molecule has 1 N–H and O–H groups in total. The highest BCUT2D eigenvalue weighted by Crippen LogP contribution is 2.34. The van der Waals surface area contributed by atoms with E-state index in [2.05, 4.69) is 21.2 Å². The normalized spacial score (nSPS) is 17.4. The molecule has 2 rings (SSSR count). The lowest BCUT2D eigenvalue weighted by atomic mass is 10.4. The summed E-state index contributed by atoms with van der Waals surface area (Å²) in [5, 5.41) is 3.41. The largest absolute Gasteiger partial charge is 0.309 e. The van der Waals surface area contributed by atoms with Crippen LogP contribution in [-0.2, 0) is 16.6 Å². The number of nitrogens with one attached hydrogen (secondary N) is 1. The molecule has 1 fully saturated rings. The van der Waals surface area contributed by atoms with Crippen LogP contribution < -0.4 is 5.32 Å². The van der Waals surface area contributed by atoms with Crippen LogP contribution in [0.15, 0.2) is 14.7 Å². The van der Waals surface area contributed by atoms with Crippen LogP contribution in [0.25, 0.3) is 0 Å². The van der Waals surface area contributed by atoms with Gasteiger partial charge >= 0.3 is 0 Å². The number of hydrogen-bond acceptors (Lipinski definition) is 5. The lowest BCUT2D eigenvalue weighted by Crippen LogP contribution is -2.36. The molecule has 0 aliphatic heterocycles. The Morgan fingerprint density at radius 1 is 1.57 bits per heavy atom. The van der Waals surface area contributed by atoms with Crippen molar-refractivity contribution in [1.82, 2.24) is 9.62 Å². The first-order valence-corrected chi connectivity index (χ1v) is 11.3. The van der Waals surface area contributed by atoms with Gasteiger partial charge < -0.3 is 5.32 Å². The van der Waals surface area contributed by atoms with Gasteiger partial charge in [-0.15, -0.1) is 11.3 Å². The molecule has 1 unspecified atom stereocenters. The summed E-state index contributed by atoms with van der Waals surface area (Å²) in [7, 11) is -1.78. The van der Waals surface area contributed by atoms with Crippen LogP contribution in [0.5, 0.6) is 0 Å². The van der Waals surface area contributed by atoms with E-state index in [1.54, 1.807) is 24.9 Å². The Labute approximate surface area is 143 Å². The second-order valence-electron chi connectivity index (χ2n) is 5.33. The fourth-order valence-corrected chi connectivity index (χ4v) is 6.67. The quantitative estimate of drug-likeness (QED) is 0.712. The summed E-state index contributed by atoms with van der Waals surface area (Å²) < 4.78 is 27.6. The van der Waals surface area contributed by atoms with E-state index in [4.69, 9.17) is 0 Å². The van der Waals surface area contributed by atoms with Gasteiger partial charge in [0.2, 0.25) is 10.0 Å². The Hall–Kier alpha value is 0.400. The van der Waals surface area contributed by atoms with Crippen molar-refractivity contribution in [1.29, 1.82) is 0 Å². The van der Waals surface area contributed by atoms with Crippen LogP contribution in [0, 0.1) is 0 Å². The molecule has 21 heavy (non-hydrogen) atoms. The first-order chi connectivity index (χ1) is 9.86. The highest BCUT2D eigenvalue weighted by atomic mass is 79.9. The average Bonchev–Trinajstić information content (AvgIpc) is 3.18. The molecule has 0 bridgehead atoms. The topological polar surface area (TPSA) is 49.4 Å². The number of nitrogens with zero attached hydrogens (tertiary/aromatic N) is 1. The third-order valence-corrected chi connectivity index (χ3v) is 8.57. The predicted molar refractivity (Wildman–Crippen MR) is 94.7 cm³/mol. The van der Waals surface area contributed by atoms with Crippen molar-refractivity contribution in [2.75, 3.05) is 19.1 Å². The lowest BCUT2D eigenvalue weighted by molar-refractivity contribution is 0.415. The summed E-state index contributed by atoms with van der Waals surface area (Å²) in [6.45, 7) is 2.68. The zero-order valence-electron chi connectivity index (χ0n) is 12.4. The molecule has 0 spiro atoms. The Morgan fingerprint density at radius 3 is 2.81 bits per heavy atom. The summed E-state index contributed by atoms with van der Waals surface area (Å²) in [6, 6.07) is 2.39. The van der Waals surface area contributed by atoms with Crippen LogP contribution in [0.1, 0.15) is 24.6 Å². The van der Waals surface area contributed by atoms with Crippen molar-refractivity contribution in [3.63, 3.8) is 0 Å². The van der Waals surface area contributed by atoms with Gasteiger partial charge in [-0.3, -0.25) is 0 Å². The standard InChI is InChI=1S/C13H21BrN2O2S3/c1-9(8-19-3)16(2)21(17,18)12-6-11(20-13(12)14)7-15-10-4-5-10/h6,9-10,15H,4-5,7-8H2,1-3H3. The molecule has 120 valence electrons. The van der Waals surface area contributed by atoms with Crippen LogP contribution >= 0.6 is 39.0 Å². The van der Waals surface area contributed by atoms with E-state index in [1.165, 1.54) is 28.5 Å². The van der Waals surface area contributed by atoms with Gasteiger partial charge in [0, 0.05) is 36.3 Å². The monoisotopic (exact) mass is 412 g/mol. The molecule has 1 aromatic heterocycles. The van der Waals surface area contributed by atoms with Crippen LogP contribution in [-0.4, -0.2) is 43.9 Å². The van der Waals surface area contributed by atoms with E-state index in [1.807, 2.05) is 13.2 Å². The highest BCUT2D eigenvalue weighted by Gasteiger charge is 2.29. The molecule has 1 atom stereocenters. The second-order valence-corrected chi connectivity index (χ2v) is 10.7. The minimum Gasteiger partial charge on any atom is -0.309 e. The molecule has 1 aliphatic rings. The fraction of sp³-hybridized carbons (Fsp3) is 0.692. The Bertz CT molecular complexity index is 584. The molecule has 1 saturated carbocycles. The molecule has 8 heteroatoms. The second kappa shape index (κ2) is 7.31. The number of sulfonamides is 1. The van der Waals surface area contributed by atoms with Crippen molar-refractivity contribution < 1.29 is 8.42 Å². The lowest BCUT2D eigenvalue weighted by Gasteiger charge is -2.23. The van der Waals surface area contributed by atoms with Gasteiger partial charge in [-0.1, -0.05) is 0 Å². The van der Waals surface area contributed by atoms with Crippen LogP contribution in [0.2, 0.25) is 0 Å². The third kappa shape index (κ3) is 4.45. The number of thiophene rings is 1. The van der Waals surface area contributed by atoms with Crippen molar-refractivity contribution in [3.8, 4) is 0 Å². The van der Waals surface area contributed by atoms with E-state index >= 15 is 0 Å². The minimum atomic E-state index is -3.44. The number of hydrogen-bond donors (Lipinski definition) is 1. The Balaban J connectivity index is 2.14. The third-order valence-electron chi connectivity index (χ3n) is 3.53. The number of rotatable bonds is 8. The first kappa shape index (κ1) is 17.7. The van der Waals surface area contributed by atoms with Crippen LogP contribution in [0.4, 0.5) is 0 Å². The van der Waals surface area contributed by atoms with E-state index in [-0.39, 0.29) is 6.04 Å². The minimum absolute atomic E-state index is 0.0233. The van der Waals surface area contributed by atoms with Gasteiger partial charge in [0.15, 0.2) is 0 Å². The zero-order valence-corrected chi connectivity index (χ0v) is 16.5. The summed E-state index contributed by atoms with van der Waals surface area (Å²) in [4.78, 5) is 1.44. The number of halogens is 1. The van der Waals surface area contributed by atoms with Crippen molar-refractivity contribution in [2.45, 2.75) is 43.3 Å². The Kier molecular flexibility index (Phi) is 6.18. The molecule has 0 amide bonds. The molecule has 0 aromatic carbocycles. The average molecular weight is 413 g/mol. The Morgan fingerprint density at radius 2 is 2.24 bits per heavy atom. The first-order valence-electron chi connectivity index (χ1n) is 6.84. The van der Waals surface area contributed by atoms with E-state index < -0.39 is 10.0 Å². The van der Waals surface area contributed by atoms with Gasteiger partial charge in [-0.05, 0) is 48.0 Å². The highest BCUT2D eigenvalue weighted by molar-refractivity contribution is 9.11. The van der Waals surface area contributed by atoms with E-state index in [9.17, 15) is 8.42 Å². The van der Waals surface area contributed by atoms with Crippen molar-refractivity contribution >= 4 is 49.1 Å². The maximum absolute atomic E-state index is 12.7. The molecule has 1 aliphatic carbocycles. The van der Waals surface area contributed by atoms with Gasteiger partial charge in [-0.2, -0.15) is 16.1 Å². The molecule has 0 radical (unpaired) electrons. The molecule has 0 saturated heterocycles. The smallest absolute Gasteiger partial charge is 0.245 e. The summed E-state index contributed by atoms with van der Waals surface area (Å²) in [6.07, 6.45) is 4.44. The summed E-state index contributed by atoms with van der Waals surface area (Å²) >= 11 is 6.56. The molecule has 4 nitrogen and oxygen atoms in total. The fourth-order valence-electron chi connectivity index (χ4n) is 1.93. The van der Waals surface area contributed by atoms with E-state index in [0.717, 1.165) is 17.2 Å². The van der Waals surface area contributed by atoms with Gasteiger partial charge in [0.25, 0.3) is 0 Å². The SMILES string of the molecule is CSCC(C)N(C)S(=O)(=O)c1cc(CNC2CC2)sc1Br. The van der Waals surface area contributed by atoms with Gasteiger partial charge in [0.05, 0.1) is 3.79 Å². The number of thioether (sulfide) groups is 1. The molecule has 1 aromatic rings. The molecule has 1 heterocycles.